The summed E-state index contributed by atoms with van der Waals surface area (Å²) in [5.74, 6) is -2.50. The average molecular weight is 523 g/mol. The molecule has 198 valence electrons. The van der Waals surface area contributed by atoms with Crippen LogP contribution in [-0.4, -0.2) is 53.9 Å². The zero-order valence-corrected chi connectivity index (χ0v) is 20.5. The van der Waals surface area contributed by atoms with E-state index in [1.54, 1.807) is 20.8 Å². The number of nitrogens with zero attached hydrogens (tertiary/aromatic N) is 2. The maximum atomic E-state index is 14.8. The van der Waals surface area contributed by atoms with Gasteiger partial charge in [0.05, 0.1) is 36.2 Å². The lowest BCUT2D eigenvalue weighted by atomic mass is 10.0. The fourth-order valence-electron chi connectivity index (χ4n) is 4.24. The summed E-state index contributed by atoms with van der Waals surface area (Å²) in [7, 11) is 1.31. The van der Waals surface area contributed by atoms with Crippen molar-refractivity contribution in [3.63, 3.8) is 0 Å². The topological polar surface area (TPSA) is 82.0 Å². The van der Waals surface area contributed by atoms with Crippen LogP contribution in [0.15, 0.2) is 47.7 Å². The monoisotopic (exact) mass is 523 g/mol. The fraction of sp³-hybridized carbons (Fsp3) is 0.360. The highest BCUT2D eigenvalue weighted by molar-refractivity contribution is 6.01. The van der Waals surface area contributed by atoms with Gasteiger partial charge in [0.15, 0.2) is 5.88 Å². The van der Waals surface area contributed by atoms with E-state index < -0.39 is 41.4 Å². The summed E-state index contributed by atoms with van der Waals surface area (Å²) in [6.45, 7) is 1.88. The molecule has 0 bridgehead atoms. The SMILES string of the molecule is COC1=C(N2CCc3c(cc(-c4c(F)cccc4F)n3C(=O)OC(C)(C)C)C2=O)CNC(OC(F)F)=C1. The summed E-state index contributed by atoms with van der Waals surface area (Å²) in [6.07, 6.45) is 0.432. The van der Waals surface area contributed by atoms with Gasteiger partial charge in [-0.25, -0.2) is 18.1 Å². The summed E-state index contributed by atoms with van der Waals surface area (Å²) in [6, 6.07) is 4.54. The quantitative estimate of drug-likeness (QED) is 0.570. The standard InChI is InChI=1S/C25H25F4N3O5/c1-25(2,3)37-24(34)32-16-8-9-31(18-12-30-20(36-23(28)29)11-19(18)35-4)22(33)13(16)10-17(32)21-14(26)6-5-7-15(21)27/h5-7,10-11,23,30H,8-9,12H2,1-4H3. The van der Waals surface area contributed by atoms with Crippen LogP contribution in [0, 0.1) is 11.6 Å². The van der Waals surface area contributed by atoms with Gasteiger partial charge in [0.2, 0.25) is 0 Å². The number of dihydropyridines is 1. The van der Waals surface area contributed by atoms with Gasteiger partial charge in [0, 0.05) is 24.7 Å². The second-order valence-corrected chi connectivity index (χ2v) is 9.26. The van der Waals surface area contributed by atoms with Crippen molar-refractivity contribution in [1.29, 1.82) is 0 Å². The van der Waals surface area contributed by atoms with Crippen LogP contribution in [0.1, 0.15) is 36.8 Å². The van der Waals surface area contributed by atoms with Crippen LogP contribution in [0.4, 0.5) is 22.4 Å². The molecule has 0 unspecified atom stereocenters. The number of nitrogens with one attached hydrogen (secondary N) is 1. The Morgan fingerprint density at radius 3 is 2.43 bits per heavy atom. The Kier molecular flexibility index (Phi) is 6.94. The Bertz CT molecular complexity index is 1290. The Morgan fingerprint density at radius 1 is 1.16 bits per heavy atom. The first kappa shape index (κ1) is 26.1. The second-order valence-electron chi connectivity index (χ2n) is 9.26. The van der Waals surface area contributed by atoms with Crippen molar-refractivity contribution in [2.24, 2.45) is 0 Å². The van der Waals surface area contributed by atoms with Crippen molar-refractivity contribution in [1.82, 2.24) is 14.8 Å². The summed E-state index contributed by atoms with van der Waals surface area (Å²) >= 11 is 0. The number of allylic oxidation sites excluding steroid dienone is 1. The predicted molar refractivity (Wildman–Crippen MR) is 123 cm³/mol. The highest BCUT2D eigenvalue weighted by Crippen LogP contribution is 2.35. The smallest absolute Gasteiger partial charge is 0.419 e. The molecule has 0 atom stereocenters. The molecule has 1 N–H and O–H groups in total. The molecule has 0 saturated heterocycles. The first-order valence-electron chi connectivity index (χ1n) is 11.3. The highest BCUT2D eigenvalue weighted by atomic mass is 19.3. The molecule has 2 aliphatic rings. The lowest BCUT2D eigenvalue weighted by molar-refractivity contribution is -0.102. The van der Waals surface area contributed by atoms with Gasteiger partial charge in [-0.1, -0.05) is 6.07 Å². The van der Waals surface area contributed by atoms with Crippen LogP contribution in [0.5, 0.6) is 0 Å². The molecule has 4 rings (SSSR count). The first-order chi connectivity index (χ1) is 17.4. The molecule has 0 radical (unpaired) electrons. The van der Waals surface area contributed by atoms with Crippen LogP contribution >= 0.6 is 0 Å². The second kappa shape index (κ2) is 9.83. The van der Waals surface area contributed by atoms with E-state index in [2.05, 4.69) is 10.1 Å². The van der Waals surface area contributed by atoms with Crippen LogP contribution < -0.4 is 5.32 Å². The number of methoxy groups -OCH3 is 1. The number of halogens is 4. The van der Waals surface area contributed by atoms with Gasteiger partial charge < -0.3 is 24.4 Å². The van der Waals surface area contributed by atoms with E-state index in [1.165, 1.54) is 30.2 Å². The lowest BCUT2D eigenvalue weighted by Crippen LogP contribution is -2.42. The minimum Gasteiger partial charge on any atom is -0.495 e. The first-order valence-corrected chi connectivity index (χ1v) is 11.3. The third kappa shape index (κ3) is 5.13. The number of amides is 1. The van der Waals surface area contributed by atoms with Gasteiger partial charge in [-0.3, -0.25) is 4.79 Å². The molecule has 2 aliphatic heterocycles. The van der Waals surface area contributed by atoms with E-state index >= 15 is 0 Å². The van der Waals surface area contributed by atoms with Crippen molar-refractivity contribution >= 4 is 12.0 Å². The van der Waals surface area contributed by atoms with Gasteiger partial charge in [-0.05, 0) is 39.0 Å². The minimum atomic E-state index is -3.05. The number of rotatable bonds is 5. The van der Waals surface area contributed by atoms with Crippen LogP contribution in [-0.2, 0) is 20.6 Å². The molecule has 8 nitrogen and oxygen atoms in total. The van der Waals surface area contributed by atoms with Gasteiger partial charge in [-0.2, -0.15) is 8.78 Å². The van der Waals surface area contributed by atoms with Crippen molar-refractivity contribution in [2.75, 3.05) is 20.2 Å². The largest absolute Gasteiger partial charge is 0.495 e. The lowest BCUT2D eigenvalue weighted by Gasteiger charge is -2.33. The maximum Gasteiger partial charge on any atom is 0.419 e. The van der Waals surface area contributed by atoms with E-state index in [4.69, 9.17) is 9.47 Å². The van der Waals surface area contributed by atoms with Crippen molar-refractivity contribution in [3.05, 3.63) is 70.6 Å². The molecule has 0 aliphatic carbocycles. The summed E-state index contributed by atoms with van der Waals surface area (Å²) in [5, 5.41) is 2.66. The Labute approximate surface area is 210 Å². The van der Waals surface area contributed by atoms with Gasteiger partial charge in [0.1, 0.15) is 23.0 Å². The zero-order valence-electron chi connectivity index (χ0n) is 20.5. The summed E-state index contributed by atoms with van der Waals surface area (Å²) < 4.78 is 70.9. The highest BCUT2D eigenvalue weighted by Gasteiger charge is 2.37. The molecule has 1 aromatic heterocycles. The molecular weight excluding hydrogens is 498 g/mol. The number of fused-ring (bicyclic) bond motifs is 1. The van der Waals surface area contributed by atoms with E-state index in [-0.39, 0.29) is 48.1 Å². The van der Waals surface area contributed by atoms with E-state index in [0.29, 0.717) is 5.70 Å². The number of ether oxygens (including phenoxy) is 3. The summed E-state index contributed by atoms with van der Waals surface area (Å²) in [4.78, 5) is 28.1. The van der Waals surface area contributed by atoms with Gasteiger partial charge >= 0.3 is 12.7 Å². The van der Waals surface area contributed by atoms with Gasteiger partial charge in [0.25, 0.3) is 5.91 Å². The summed E-state index contributed by atoms with van der Waals surface area (Å²) in [5.41, 5.74) is -0.955. The number of aromatic nitrogens is 1. The van der Waals surface area contributed by atoms with Crippen molar-refractivity contribution < 1.29 is 41.4 Å². The number of alkyl halides is 2. The van der Waals surface area contributed by atoms with Gasteiger partial charge in [-0.15, -0.1) is 0 Å². The molecular formula is C25H25F4N3O5. The average Bonchev–Trinajstić information content (AvgIpc) is 3.18. The number of benzene rings is 1. The van der Waals surface area contributed by atoms with Crippen molar-refractivity contribution in [2.45, 2.75) is 39.4 Å². The number of hydrogen-bond acceptors (Lipinski definition) is 6. The molecule has 0 saturated carbocycles. The number of hydrogen-bond donors (Lipinski definition) is 1. The van der Waals surface area contributed by atoms with Crippen molar-refractivity contribution in [3.8, 4) is 11.3 Å². The minimum absolute atomic E-state index is 0.0383. The predicted octanol–water partition coefficient (Wildman–Crippen LogP) is 4.76. The molecule has 1 aromatic carbocycles. The zero-order chi connectivity index (χ0) is 27.1. The van der Waals surface area contributed by atoms with Crippen LogP contribution in [0.3, 0.4) is 0 Å². The van der Waals surface area contributed by atoms with E-state index in [1.807, 2.05) is 0 Å². The molecule has 12 heteroatoms. The molecule has 2 aromatic rings. The maximum absolute atomic E-state index is 14.8. The van der Waals surface area contributed by atoms with E-state index in [0.717, 1.165) is 16.7 Å². The van der Waals surface area contributed by atoms with Crippen LogP contribution in [0.2, 0.25) is 0 Å². The Hall–Kier alpha value is -3.96. The Morgan fingerprint density at radius 2 is 1.84 bits per heavy atom. The molecule has 3 heterocycles. The molecule has 0 fully saturated rings. The number of carbonyl (C=O) groups is 2. The third-order valence-electron chi connectivity index (χ3n) is 5.68. The van der Waals surface area contributed by atoms with E-state index in [9.17, 15) is 27.2 Å². The van der Waals surface area contributed by atoms with Crippen LogP contribution in [0.25, 0.3) is 11.3 Å². The normalized spacial score (nSPS) is 15.9. The molecule has 0 spiro atoms. The molecule has 1 amide bonds. The molecule has 37 heavy (non-hydrogen) atoms. The third-order valence-corrected chi connectivity index (χ3v) is 5.68. The fourth-order valence-corrected chi connectivity index (χ4v) is 4.24. The Balaban J connectivity index is 1.82. The number of carbonyl (C=O) groups excluding carboxylic acids is 2.